The molecule has 2 aromatic carbocycles. The first-order chi connectivity index (χ1) is 12.6. The van der Waals surface area contributed by atoms with E-state index in [-0.39, 0.29) is 19.1 Å². The quantitative estimate of drug-likeness (QED) is 0.813. The molecular weight excluding hydrogens is 330 g/mol. The Hall–Kier alpha value is -2.82. The third-order valence-corrected chi connectivity index (χ3v) is 4.70. The van der Waals surface area contributed by atoms with E-state index in [1.54, 1.807) is 0 Å². The number of hydrogen-bond donors (Lipinski definition) is 1. The summed E-state index contributed by atoms with van der Waals surface area (Å²) in [4.78, 5) is 24.7. The number of rotatable bonds is 7. The number of carbonyl (C=O) groups is 2. The summed E-state index contributed by atoms with van der Waals surface area (Å²) >= 11 is 0. The zero-order valence-corrected chi connectivity index (χ0v) is 14.9. The van der Waals surface area contributed by atoms with Crippen LogP contribution in [-0.4, -0.2) is 41.8 Å². The third-order valence-electron chi connectivity index (χ3n) is 4.70. The van der Waals surface area contributed by atoms with Crippen LogP contribution in [0.1, 0.15) is 36.8 Å². The summed E-state index contributed by atoms with van der Waals surface area (Å²) in [5.41, 5.74) is 4.61. The summed E-state index contributed by atoms with van der Waals surface area (Å²) < 4.78 is 5.52. The number of ether oxygens (including phenoxy) is 1. The van der Waals surface area contributed by atoms with E-state index in [1.165, 1.54) is 4.90 Å². The van der Waals surface area contributed by atoms with Gasteiger partial charge in [-0.05, 0) is 28.7 Å². The minimum Gasteiger partial charge on any atom is -0.480 e. The number of aliphatic carboxylic acids is 1. The van der Waals surface area contributed by atoms with E-state index in [0.717, 1.165) is 35.1 Å². The summed E-state index contributed by atoms with van der Waals surface area (Å²) in [6.07, 6.45) is 1.06. The maximum atomic E-state index is 12.4. The van der Waals surface area contributed by atoms with Gasteiger partial charge >= 0.3 is 12.1 Å². The van der Waals surface area contributed by atoms with Crippen LogP contribution in [0.5, 0.6) is 0 Å². The van der Waals surface area contributed by atoms with Crippen molar-refractivity contribution in [1.82, 2.24) is 4.90 Å². The number of unbranched alkanes of at least 4 members (excludes halogenated alkanes) is 1. The highest BCUT2D eigenvalue weighted by molar-refractivity contribution is 5.79. The summed E-state index contributed by atoms with van der Waals surface area (Å²) in [6.45, 7) is 2.25. The standard InChI is InChI=1S/C21H23NO4/c1-2-3-12-22(13-20(23)24)21(25)26-14-19-17-10-6-4-8-15(17)16-9-5-7-11-18(16)19/h4-11,19H,2-3,12-14H2,1H3,(H,23,24). The minimum absolute atomic E-state index is 0.0239. The van der Waals surface area contributed by atoms with Crippen molar-refractivity contribution < 1.29 is 19.4 Å². The normalized spacial score (nSPS) is 12.3. The molecular formula is C21H23NO4. The summed E-state index contributed by atoms with van der Waals surface area (Å²) in [5.74, 6) is -1.06. The molecule has 2 aromatic rings. The Morgan fingerprint density at radius 2 is 1.62 bits per heavy atom. The molecule has 0 heterocycles. The van der Waals surface area contributed by atoms with Crippen LogP contribution in [0, 0.1) is 0 Å². The largest absolute Gasteiger partial charge is 0.480 e. The number of fused-ring (bicyclic) bond motifs is 3. The van der Waals surface area contributed by atoms with Gasteiger partial charge in [0.2, 0.25) is 0 Å². The Balaban J connectivity index is 1.74. The van der Waals surface area contributed by atoms with Crippen molar-refractivity contribution in [3.8, 4) is 11.1 Å². The lowest BCUT2D eigenvalue weighted by atomic mass is 9.98. The molecule has 5 heteroatoms. The van der Waals surface area contributed by atoms with Crippen LogP contribution in [0.25, 0.3) is 11.1 Å². The molecule has 0 unspecified atom stereocenters. The van der Waals surface area contributed by atoms with E-state index in [2.05, 4.69) is 24.3 Å². The molecule has 0 bridgehead atoms. The van der Waals surface area contributed by atoms with Gasteiger partial charge in [0.15, 0.2) is 0 Å². The molecule has 3 rings (SSSR count). The van der Waals surface area contributed by atoms with Crippen LogP contribution in [0.4, 0.5) is 4.79 Å². The maximum Gasteiger partial charge on any atom is 0.410 e. The fraction of sp³-hybridized carbons (Fsp3) is 0.333. The Kier molecular flexibility index (Phi) is 5.56. The molecule has 0 spiro atoms. The highest BCUT2D eigenvalue weighted by Crippen LogP contribution is 2.44. The van der Waals surface area contributed by atoms with E-state index in [9.17, 15) is 9.59 Å². The zero-order chi connectivity index (χ0) is 18.5. The van der Waals surface area contributed by atoms with Crippen molar-refractivity contribution in [3.63, 3.8) is 0 Å². The minimum atomic E-state index is -1.03. The van der Waals surface area contributed by atoms with Crippen LogP contribution in [0.2, 0.25) is 0 Å². The number of carboxylic acid groups (broad SMARTS) is 1. The molecule has 136 valence electrons. The van der Waals surface area contributed by atoms with Crippen LogP contribution >= 0.6 is 0 Å². The van der Waals surface area contributed by atoms with Crippen LogP contribution in [0.15, 0.2) is 48.5 Å². The number of benzene rings is 2. The first kappa shape index (κ1) is 18.0. The summed E-state index contributed by atoms with van der Waals surface area (Å²) in [7, 11) is 0. The Morgan fingerprint density at radius 1 is 1.04 bits per heavy atom. The third kappa shape index (κ3) is 3.72. The monoisotopic (exact) mass is 353 g/mol. The molecule has 0 aliphatic heterocycles. The van der Waals surface area contributed by atoms with Gasteiger partial charge in [0.1, 0.15) is 13.2 Å². The Bertz CT molecular complexity index is 757. The van der Waals surface area contributed by atoms with Gasteiger partial charge in [0.05, 0.1) is 0 Å². The molecule has 26 heavy (non-hydrogen) atoms. The van der Waals surface area contributed by atoms with Gasteiger partial charge in [-0.3, -0.25) is 9.69 Å². The van der Waals surface area contributed by atoms with Crippen molar-refractivity contribution in [2.75, 3.05) is 19.7 Å². The van der Waals surface area contributed by atoms with Gasteiger partial charge in [0.25, 0.3) is 0 Å². The van der Waals surface area contributed by atoms with Gasteiger partial charge in [-0.15, -0.1) is 0 Å². The van der Waals surface area contributed by atoms with Crippen LogP contribution < -0.4 is 0 Å². The number of carbonyl (C=O) groups excluding carboxylic acids is 1. The van der Waals surface area contributed by atoms with Crippen molar-refractivity contribution in [2.45, 2.75) is 25.7 Å². The summed E-state index contributed by atoms with van der Waals surface area (Å²) in [6, 6.07) is 16.2. The molecule has 1 aliphatic rings. The first-order valence-corrected chi connectivity index (χ1v) is 8.93. The second kappa shape index (κ2) is 8.04. The van der Waals surface area contributed by atoms with Crippen molar-refractivity contribution >= 4 is 12.1 Å². The topological polar surface area (TPSA) is 66.8 Å². The number of hydrogen-bond acceptors (Lipinski definition) is 3. The molecule has 1 N–H and O–H groups in total. The van der Waals surface area contributed by atoms with Crippen molar-refractivity contribution in [2.24, 2.45) is 0 Å². The highest BCUT2D eigenvalue weighted by atomic mass is 16.6. The first-order valence-electron chi connectivity index (χ1n) is 8.93. The van der Waals surface area contributed by atoms with E-state index >= 15 is 0 Å². The Labute approximate surface area is 153 Å². The van der Waals surface area contributed by atoms with Crippen LogP contribution in [0.3, 0.4) is 0 Å². The van der Waals surface area contributed by atoms with E-state index in [4.69, 9.17) is 9.84 Å². The molecule has 1 amide bonds. The number of carboxylic acids is 1. The van der Waals surface area contributed by atoms with Crippen molar-refractivity contribution in [1.29, 1.82) is 0 Å². The van der Waals surface area contributed by atoms with Gasteiger partial charge in [-0.2, -0.15) is 0 Å². The van der Waals surface area contributed by atoms with Crippen molar-refractivity contribution in [3.05, 3.63) is 59.7 Å². The van der Waals surface area contributed by atoms with Gasteiger partial charge in [-0.1, -0.05) is 61.9 Å². The van der Waals surface area contributed by atoms with Gasteiger partial charge < -0.3 is 9.84 Å². The lowest BCUT2D eigenvalue weighted by molar-refractivity contribution is -0.138. The van der Waals surface area contributed by atoms with E-state index in [1.807, 2.05) is 31.2 Å². The maximum absolute atomic E-state index is 12.4. The lowest BCUT2D eigenvalue weighted by Crippen LogP contribution is -2.37. The zero-order valence-electron chi connectivity index (χ0n) is 14.9. The second-order valence-electron chi connectivity index (χ2n) is 6.47. The fourth-order valence-corrected chi connectivity index (χ4v) is 3.43. The molecule has 0 fully saturated rings. The predicted molar refractivity (Wildman–Crippen MR) is 99.2 cm³/mol. The lowest BCUT2D eigenvalue weighted by Gasteiger charge is -2.21. The van der Waals surface area contributed by atoms with E-state index < -0.39 is 12.1 Å². The molecule has 1 aliphatic carbocycles. The molecule has 0 atom stereocenters. The SMILES string of the molecule is CCCCN(CC(=O)O)C(=O)OCC1c2ccccc2-c2ccccc21. The fourth-order valence-electron chi connectivity index (χ4n) is 3.43. The average molecular weight is 353 g/mol. The average Bonchev–Trinajstić information content (AvgIpc) is 2.97. The van der Waals surface area contributed by atoms with Gasteiger partial charge in [-0.25, -0.2) is 4.79 Å². The highest BCUT2D eigenvalue weighted by Gasteiger charge is 2.29. The number of amides is 1. The number of nitrogens with zero attached hydrogens (tertiary/aromatic N) is 1. The van der Waals surface area contributed by atoms with Crippen LogP contribution in [-0.2, 0) is 9.53 Å². The predicted octanol–water partition coefficient (Wildman–Crippen LogP) is 4.12. The molecule has 0 aromatic heterocycles. The second-order valence-corrected chi connectivity index (χ2v) is 6.47. The molecule has 0 saturated heterocycles. The molecule has 0 saturated carbocycles. The molecule has 5 nitrogen and oxygen atoms in total. The smallest absolute Gasteiger partial charge is 0.410 e. The van der Waals surface area contributed by atoms with E-state index in [0.29, 0.717) is 6.54 Å². The molecule has 0 radical (unpaired) electrons. The van der Waals surface area contributed by atoms with Gasteiger partial charge in [0, 0.05) is 12.5 Å². The summed E-state index contributed by atoms with van der Waals surface area (Å²) in [5, 5.41) is 9.02. The Morgan fingerprint density at radius 3 is 2.15 bits per heavy atom.